The normalized spacial score (nSPS) is 11.5. The van der Waals surface area contributed by atoms with E-state index in [1.54, 1.807) is 13.2 Å². The van der Waals surface area contributed by atoms with Gasteiger partial charge in [-0.15, -0.1) is 0 Å². The number of aromatic hydroxyl groups is 1. The lowest BCUT2D eigenvalue weighted by Gasteiger charge is -2.10. The third kappa shape index (κ3) is 1.94. The molecule has 1 N–H and O–H groups in total. The van der Waals surface area contributed by atoms with Crippen molar-refractivity contribution in [2.75, 3.05) is 7.11 Å². The van der Waals surface area contributed by atoms with Gasteiger partial charge < -0.3 is 9.84 Å². The van der Waals surface area contributed by atoms with Crippen LogP contribution in [0.1, 0.15) is 16.7 Å². The largest absolute Gasteiger partial charge is 0.504 e. The average Bonchev–Trinajstić information content (AvgIpc) is 2.59. The number of ether oxygens (including phenoxy) is 1. The van der Waals surface area contributed by atoms with Crippen molar-refractivity contribution in [1.29, 1.82) is 0 Å². The van der Waals surface area contributed by atoms with E-state index in [0.717, 1.165) is 16.3 Å². The minimum Gasteiger partial charge on any atom is -0.504 e. The Labute approximate surface area is 140 Å². The van der Waals surface area contributed by atoms with Crippen molar-refractivity contribution in [2.24, 2.45) is 0 Å². The van der Waals surface area contributed by atoms with Crippen molar-refractivity contribution in [3.63, 3.8) is 0 Å². The molecule has 0 fully saturated rings. The summed E-state index contributed by atoms with van der Waals surface area (Å²) >= 11 is 0. The summed E-state index contributed by atoms with van der Waals surface area (Å²) in [5, 5.41) is 14.7. The second kappa shape index (κ2) is 5.10. The predicted octanol–water partition coefficient (Wildman–Crippen LogP) is 4.37. The van der Waals surface area contributed by atoms with Gasteiger partial charge in [0, 0.05) is 12.1 Å². The van der Waals surface area contributed by atoms with Gasteiger partial charge in [-0.05, 0) is 66.4 Å². The smallest absolute Gasteiger partial charge is 0.219 e. The number of benzene rings is 2. The lowest BCUT2D eigenvalue weighted by molar-refractivity contribution is -0.509. The number of phenolic OH excluding ortho intramolecular Hbond substituents is 1. The first-order chi connectivity index (χ1) is 11.5. The number of hydrogen-bond donors (Lipinski definition) is 1. The average molecular weight is 318 g/mol. The highest BCUT2D eigenvalue weighted by atomic mass is 16.5. The van der Waals surface area contributed by atoms with Gasteiger partial charge in [-0.25, -0.2) is 0 Å². The Hall–Kier alpha value is -2.81. The molecule has 4 aromatic rings. The summed E-state index contributed by atoms with van der Waals surface area (Å²) in [6.45, 7) is 6.51. The quantitative estimate of drug-likeness (QED) is 0.321. The third-order valence-corrected chi connectivity index (χ3v) is 5.16. The first-order valence-electron chi connectivity index (χ1n) is 8.05. The first-order valence-corrected chi connectivity index (χ1v) is 8.05. The molecule has 0 radical (unpaired) electrons. The van der Waals surface area contributed by atoms with E-state index >= 15 is 0 Å². The number of aryl methyl sites for hydroxylation is 2. The molecule has 0 bridgehead atoms. The van der Waals surface area contributed by atoms with Crippen molar-refractivity contribution in [3.8, 4) is 11.5 Å². The van der Waals surface area contributed by atoms with Crippen LogP contribution in [0.4, 0.5) is 0 Å². The lowest BCUT2D eigenvalue weighted by Crippen LogP contribution is -2.20. The summed E-state index contributed by atoms with van der Waals surface area (Å²) in [5.41, 5.74) is 5.10. The van der Waals surface area contributed by atoms with E-state index < -0.39 is 0 Å². The topological polar surface area (TPSA) is 33.6 Å². The molecule has 3 nitrogen and oxygen atoms in total. The van der Waals surface area contributed by atoms with Crippen molar-refractivity contribution < 1.29 is 14.2 Å². The molecule has 0 aliphatic rings. The van der Waals surface area contributed by atoms with Gasteiger partial charge in [0.15, 0.2) is 23.9 Å². The van der Waals surface area contributed by atoms with E-state index in [-0.39, 0.29) is 5.75 Å². The molecular weight excluding hydrogens is 298 g/mol. The minimum absolute atomic E-state index is 0.181. The van der Waals surface area contributed by atoms with E-state index in [9.17, 15) is 5.11 Å². The molecule has 0 atom stereocenters. The Bertz CT molecular complexity index is 1130. The Morgan fingerprint density at radius 3 is 2.46 bits per heavy atom. The standard InChI is InChI=1S/C21H19NO2/c1-12-9-17-16(14(3)13(12)2)7-8-22-11-18-15(10-19(17)22)5-6-20(24-4)21(18)23/h5-11H,1-4H3/p+1. The zero-order valence-electron chi connectivity index (χ0n) is 14.3. The fourth-order valence-corrected chi connectivity index (χ4v) is 3.48. The van der Waals surface area contributed by atoms with Gasteiger partial charge in [0.2, 0.25) is 5.52 Å². The molecule has 0 saturated heterocycles. The molecule has 0 saturated carbocycles. The third-order valence-electron chi connectivity index (χ3n) is 5.16. The maximum absolute atomic E-state index is 10.4. The van der Waals surface area contributed by atoms with E-state index in [4.69, 9.17) is 4.74 Å². The van der Waals surface area contributed by atoms with Crippen LogP contribution < -0.4 is 9.14 Å². The molecule has 4 rings (SSSR count). The van der Waals surface area contributed by atoms with Gasteiger partial charge in [0.05, 0.1) is 17.9 Å². The number of nitrogens with zero attached hydrogens (tertiary/aromatic N) is 1. The van der Waals surface area contributed by atoms with Crippen LogP contribution in [0.5, 0.6) is 11.5 Å². The molecule has 0 amide bonds. The van der Waals surface area contributed by atoms with Crippen LogP contribution in [-0.4, -0.2) is 12.2 Å². The fourth-order valence-electron chi connectivity index (χ4n) is 3.48. The van der Waals surface area contributed by atoms with Crippen molar-refractivity contribution in [1.82, 2.24) is 0 Å². The van der Waals surface area contributed by atoms with Crippen LogP contribution in [0.25, 0.3) is 27.1 Å². The van der Waals surface area contributed by atoms with Gasteiger partial charge in [-0.3, -0.25) is 0 Å². The van der Waals surface area contributed by atoms with E-state index in [1.165, 1.54) is 27.5 Å². The molecule has 120 valence electrons. The molecule has 2 aromatic carbocycles. The molecule has 0 aliphatic carbocycles. The van der Waals surface area contributed by atoms with Gasteiger partial charge in [0.1, 0.15) is 0 Å². The number of fused-ring (bicyclic) bond motifs is 4. The van der Waals surface area contributed by atoms with E-state index in [2.05, 4.69) is 49.6 Å². The lowest BCUT2D eigenvalue weighted by atomic mass is 9.96. The summed E-state index contributed by atoms with van der Waals surface area (Å²) in [5.74, 6) is 0.673. The van der Waals surface area contributed by atoms with Crippen LogP contribution in [0.3, 0.4) is 0 Å². The van der Waals surface area contributed by atoms with Gasteiger partial charge in [-0.1, -0.05) is 0 Å². The Morgan fingerprint density at radius 1 is 0.917 bits per heavy atom. The molecule has 0 unspecified atom stereocenters. The van der Waals surface area contributed by atoms with Crippen LogP contribution in [0.15, 0.2) is 42.7 Å². The molecule has 3 heteroatoms. The highest BCUT2D eigenvalue weighted by Crippen LogP contribution is 2.35. The number of phenols is 1. The second-order valence-electron chi connectivity index (χ2n) is 6.41. The number of aromatic nitrogens is 1. The molecule has 0 spiro atoms. The maximum Gasteiger partial charge on any atom is 0.219 e. The minimum atomic E-state index is 0.181. The molecular formula is C21H20NO2+. The highest BCUT2D eigenvalue weighted by Gasteiger charge is 2.16. The molecule has 24 heavy (non-hydrogen) atoms. The van der Waals surface area contributed by atoms with Crippen molar-refractivity contribution >= 4 is 27.1 Å². The SMILES string of the molecule is COc1ccc2cc3c4cc(C)c(C)c(C)c4cc[n+]3cc2c1O. The first kappa shape index (κ1) is 14.8. The second-order valence-corrected chi connectivity index (χ2v) is 6.41. The zero-order valence-corrected chi connectivity index (χ0v) is 14.3. The fraction of sp³-hybridized carbons (Fsp3) is 0.190. The Kier molecular flexibility index (Phi) is 3.14. The summed E-state index contributed by atoms with van der Waals surface area (Å²) in [6.07, 6.45) is 4.02. The van der Waals surface area contributed by atoms with Crippen LogP contribution in [-0.2, 0) is 0 Å². The van der Waals surface area contributed by atoms with Crippen LogP contribution in [0.2, 0.25) is 0 Å². The predicted molar refractivity (Wildman–Crippen MR) is 97.0 cm³/mol. The van der Waals surface area contributed by atoms with Crippen molar-refractivity contribution in [3.05, 3.63) is 59.4 Å². The number of hydrogen-bond acceptors (Lipinski definition) is 2. The summed E-state index contributed by atoms with van der Waals surface area (Å²) in [7, 11) is 1.57. The molecule has 2 heterocycles. The highest BCUT2D eigenvalue weighted by molar-refractivity contribution is 6.00. The maximum atomic E-state index is 10.4. The van der Waals surface area contributed by atoms with E-state index in [0.29, 0.717) is 5.75 Å². The van der Waals surface area contributed by atoms with Crippen LogP contribution in [0, 0.1) is 20.8 Å². The monoisotopic (exact) mass is 318 g/mol. The zero-order chi connectivity index (χ0) is 17.0. The molecule has 2 aromatic heterocycles. The summed E-state index contributed by atoms with van der Waals surface area (Å²) in [4.78, 5) is 0. The van der Waals surface area contributed by atoms with Crippen molar-refractivity contribution in [2.45, 2.75) is 20.8 Å². The van der Waals surface area contributed by atoms with Crippen LogP contribution >= 0.6 is 0 Å². The number of pyridine rings is 2. The summed E-state index contributed by atoms with van der Waals surface area (Å²) < 4.78 is 7.29. The Morgan fingerprint density at radius 2 is 1.71 bits per heavy atom. The number of methoxy groups -OCH3 is 1. The van der Waals surface area contributed by atoms with E-state index in [1.807, 2.05) is 12.3 Å². The summed E-state index contributed by atoms with van der Waals surface area (Å²) in [6, 6.07) is 10.3. The van der Waals surface area contributed by atoms with Gasteiger partial charge in [-0.2, -0.15) is 4.40 Å². The van der Waals surface area contributed by atoms with Gasteiger partial charge in [0.25, 0.3) is 0 Å². The molecule has 0 aliphatic heterocycles. The van der Waals surface area contributed by atoms with Gasteiger partial charge >= 0.3 is 0 Å². The Balaban J connectivity index is 2.17. The number of rotatable bonds is 1.